The quantitative estimate of drug-likeness (QED) is 0.516. The Morgan fingerprint density at radius 2 is 2.07 bits per heavy atom. The second kappa shape index (κ2) is 9.08. The molecule has 1 atom stereocenters. The van der Waals surface area contributed by atoms with Crippen LogP contribution in [0, 0.1) is 6.92 Å². The third-order valence-electron chi connectivity index (χ3n) is 5.66. The summed E-state index contributed by atoms with van der Waals surface area (Å²) in [6.45, 7) is 1.96. The number of nitrogens with zero attached hydrogens (tertiary/aromatic N) is 2. The predicted molar refractivity (Wildman–Crippen MR) is 115 cm³/mol. The van der Waals surface area contributed by atoms with Gasteiger partial charge in [0, 0.05) is 18.0 Å². The standard InChI is InChI=1S/C25H26N2O3/c1-17-6-3-10-24(27-17)30-20-12-13-21-18(7-4-8-19(21)16-20)11-14-23-22(25(28)29-2)9-5-15-26-23/h3,5-6,9-10,12-13,15-16,18H,4,7-8,11,14H2,1-2H3. The first-order chi connectivity index (χ1) is 14.6. The van der Waals surface area contributed by atoms with Crippen LogP contribution in [0.2, 0.25) is 0 Å². The van der Waals surface area contributed by atoms with Crippen LogP contribution in [0.4, 0.5) is 0 Å². The SMILES string of the molecule is COC(=O)c1cccnc1CCC1CCCc2cc(Oc3cccc(C)n3)ccc21. The number of carbonyl (C=O) groups excluding carboxylic acids is 1. The zero-order chi connectivity index (χ0) is 20.9. The van der Waals surface area contributed by atoms with E-state index in [1.54, 1.807) is 18.3 Å². The molecule has 0 N–H and O–H groups in total. The van der Waals surface area contributed by atoms with Gasteiger partial charge in [-0.2, -0.15) is 0 Å². The van der Waals surface area contributed by atoms with Gasteiger partial charge in [-0.15, -0.1) is 0 Å². The van der Waals surface area contributed by atoms with Gasteiger partial charge in [-0.25, -0.2) is 9.78 Å². The van der Waals surface area contributed by atoms with Gasteiger partial charge in [0.1, 0.15) is 5.75 Å². The lowest BCUT2D eigenvalue weighted by atomic mass is 9.80. The number of pyridine rings is 2. The Kier molecular flexibility index (Phi) is 6.07. The van der Waals surface area contributed by atoms with E-state index in [0.29, 0.717) is 17.4 Å². The molecule has 0 amide bonds. The van der Waals surface area contributed by atoms with Crippen LogP contribution in [-0.2, 0) is 17.6 Å². The number of ether oxygens (including phenoxy) is 2. The van der Waals surface area contributed by atoms with E-state index in [4.69, 9.17) is 9.47 Å². The van der Waals surface area contributed by atoms with Gasteiger partial charge in [0.05, 0.1) is 18.4 Å². The van der Waals surface area contributed by atoms with Crippen LogP contribution in [0.15, 0.2) is 54.7 Å². The Hall–Kier alpha value is -3.21. The maximum absolute atomic E-state index is 12.0. The molecular formula is C25H26N2O3. The minimum atomic E-state index is -0.325. The average molecular weight is 402 g/mol. The van der Waals surface area contributed by atoms with Gasteiger partial charge < -0.3 is 9.47 Å². The summed E-state index contributed by atoms with van der Waals surface area (Å²) >= 11 is 0. The van der Waals surface area contributed by atoms with Crippen molar-refractivity contribution < 1.29 is 14.3 Å². The van der Waals surface area contributed by atoms with Gasteiger partial charge in [0.2, 0.25) is 5.88 Å². The lowest BCUT2D eigenvalue weighted by Gasteiger charge is -2.26. The van der Waals surface area contributed by atoms with E-state index in [1.165, 1.54) is 18.2 Å². The van der Waals surface area contributed by atoms with Crippen molar-refractivity contribution in [2.45, 2.75) is 44.9 Å². The fourth-order valence-corrected chi connectivity index (χ4v) is 4.19. The number of hydrogen-bond acceptors (Lipinski definition) is 5. The van der Waals surface area contributed by atoms with E-state index in [0.717, 1.165) is 49.2 Å². The zero-order valence-electron chi connectivity index (χ0n) is 17.4. The molecule has 3 aromatic rings. The zero-order valence-corrected chi connectivity index (χ0v) is 17.4. The predicted octanol–water partition coefficient (Wildman–Crippen LogP) is 5.42. The molecule has 0 saturated heterocycles. The monoisotopic (exact) mass is 402 g/mol. The highest BCUT2D eigenvalue weighted by molar-refractivity contribution is 5.90. The van der Waals surface area contributed by atoms with Gasteiger partial charge in [-0.05, 0) is 86.4 Å². The Labute approximate surface area is 177 Å². The molecule has 1 aliphatic rings. The molecule has 154 valence electrons. The Bertz CT molecular complexity index is 1050. The molecule has 0 saturated carbocycles. The van der Waals surface area contributed by atoms with Gasteiger partial charge in [0.15, 0.2) is 0 Å². The van der Waals surface area contributed by atoms with Crippen molar-refractivity contribution in [2.24, 2.45) is 0 Å². The molecule has 0 radical (unpaired) electrons. The molecule has 1 unspecified atom stereocenters. The molecule has 0 aliphatic heterocycles. The molecule has 1 aliphatic carbocycles. The molecule has 4 rings (SSSR count). The van der Waals surface area contributed by atoms with Crippen LogP contribution >= 0.6 is 0 Å². The summed E-state index contributed by atoms with van der Waals surface area (Å²) in [5, 5.41) is 0. The lowest BCUT2D eigenvalue weighted by molar-refractivity contribution is 0.0598. The maximum atomic E-state index is 12.0. The fourth-order valence-electron chi connectivity index (χ4n) is 4.19. The maximum Gasteiger partial charge on any atom is 0.339 e. The molecule has 5 nitrogen and oxygen atoms in total. The second-order valence-electron chi connectivity index (χ2n) is 7.70. The first-order valence-corrected chi connectivity index (χ1v) is 10.4. The van der Waals surface area contributed by atoms with E-state index in [1.807, 2.05) is 31.2 Å². The first-order valence-electron chi connectivity index (χ1n) is 10.4. The van der Waals surface area contributed by atoms with Crippen LogP contribution in [0.25, 0.3) is 0 Å². The highest BCUT2D eigenvalue weighted by atomic mass is 16.5. The number of hydrogen-bond donors (Lipinski definition) is 0. The number of fused-ring (bicyclic) bond motifs is 1. The molecule has 5 heteroatoms. The van der Waals surface area contributed by atoms with Crippen LogP contribution in [0.5, 0.6) is 11.6 Å². The van der Waals surface area contributed by atoms with Crippen molar-refractivity contribution >= 4 is 5.97 Å². The Morgan fingerprint density at radius 1 is 1.17 bits per heavy atom. The fraction of sp³-hybridized carbons (Fsp3) is 0.320. The van der Waals surface area contributed by atoms with E-state index in [9.17, 15) is 4.79 Å². The smallest absolute Gasteiger partial charge is 0.339 e. The molecule has 2 aromatic heterocycles. The number of esters is 1. The highest BCUT2D eigenvalue weighted by Crippen LogP contribution is 2.37. The van der Waals surface area contributed by atoms with Crippen molar-refractivity contribution in [3.8, 4) is 11.6 Å². The molecule has 0 spiro atoms. The summed E-state index contributed by atoms with van der Waals surface area (Å²) < 4.78 is 10.9. The molecule has 2 heterocycles. The van der Waals surface area contributed by atoms with Crippen molar-refractivity contribution in [2.75, 3.05) is 7.11 Å². The number of aryl methyl sites for hydroxylation is 3. The molecule has 0 bridgehead atoms. The number of carbonyl (C=O) groups is 1. The van der Waals surface area contributed by atoms with Gasteiger partial charge in [0.25, 0.3) is 0 Å². The van der Waals surface area contributed by atoms with Crippen molar-refractivity contribution in [3.05, 3.63) is 82.8 Å². The van der Waals surface area contributed by atoms with E-state index in [2.05, 4.69) is 22.1 Å². The third kappa shape index (κ3) is 4.51. The van der Waals surface area contributed by atoms with Gasteiger partial charge in [-0.3, -0.25) is 4.98 Å². The lowest BCUT2D eigenvalue weighted by Crippen LogP contribution is -2.13. The second-order valence-corrected chi connectivity index (χ2v) is 7.70. The van der Waals surface area contributed by atoms with Crippen molar-refractivity contribution in [1.29, 1.82) is 0 Å². The number of methoxy groups -OCH3 is 1. The summed E-state index contributed by atoms with van der Waals surface area (Å²) in [7, 11) is 1.41. The topological polar surface area (TPSA) is 61.3 Å². The minimum Gasteiger partial charge on any atom is -0.465 e. The van der Waals surface area contributed by atoms with Crippen LogP contribution in [-0.4, -0.2) is 23.0 Å². The summed E-state index contributed by atoms with van der Waals surface area (Å²) in [4.78, 5) is 20.9. The van der Waals surface area contributed by atoms with E-state index < -0.39 is 0 Å². The Morgan fingerprint density at radius 3 is 2.90 bits per heavy atom. The summed E-state index contributed by atoms with van der Waals surface area (Å²) in [5.41, 5.74) is 5.02. The highest BCUT2D eigenvalue weighted by Gasteiger charge is 2.22. The van der Waals surface area contributed by atoms with Crippen molar-refractivity contribution in [3.63, 3.8) is 0 Å². The Balaban J connectivity index is 1.49. The summed E-state index contributed by atoms with van der Waals surface area (Å²) in [5.74, 6) is 1.57. The van der Waals surface area contributed by atoms with Crippen LogP contribution in [0.3, 0.4) is 0 Å². The number of benzene rings is 1. The molecule has 1 aromatic carbocycles. The van der Waals surface area contributed by atoms with Gasteiger partial charge >= 0.3 is 5.97 Å². The average Bonchev–Trinajstić information content (AvgIpc) is 2.77. The number of aromatic nitrogens is 2. The largest absolute Gasteiger partial charge is 0.465 e. The van der Waals surface area contributed by atoms with Crippen LogP contribution in [0.1, 0.15) is 58.1 Å². The van der Waals surface area contributed by atoms with Gasteiger partial charge in [-0.1, -0.05) is 12.1 Å². The van der Waals surface area contributed by atoms with E-state index >= 15 is 0 Å². The molecule has 30 heavy (non-hydrogen) atoms. The third-order valence-corrected chi connectivity index (χ3v) is 5.66. The van der Waals surface area contributed by atoms with E-state index in [-0.39, 0.29) is 5.97 Å². The summed E-state index contributed by atoms with van der Waals surface area (Å²) in [6.07, 6.45) is 6.79. The normalized spacial score (nSPS) is 15.3. The molecule has 0 fully saturated rings. The molecular weight excluding hydrogens is 376 g/mol. The minimum absolute atomic E-state index is 0.325. The van der Waals surface area contributed by atoms with Crippen molar-refractivity contribution in [1.82, 2.24) is 9.97 Å². The van der Waals surface area contributed by atoms with Crippen LogP contribution < -0.4 is 4.74 Å². The number of rotatable bonds is 6. The first kappa shape index (κ1) is 20.1. The summed E-state index contributed by atoms with van der Waals surface area (Å²) in [6, 6.07) is 15.7.